The van der Waals surface area contributed by atoms with Crippen molar-refractivity contribution in [2.24, 2.45) is 0 Å². The molecule has 0 aliphatic carbocycles. The highest BCUT2D eigenvalue weighted by molar-refractivity contribution is 7.98. The highest BCUT2D eigenvalue weighted by Crippen LogP contribution is 2.34. The molecule has 1 aromatic carbocycles. The van der Waals surface area contributed by atoms with E-state index in [1.807, 2.05) is 0 Å². The molecule has 7 nitrogen and oxygen atoms in total. The lowest BCUT2D eigenvalue weighted by atomic mass is 10.1. The number of para-hydroxylation sites is 1. The van der Waals surface area contributed by atoms with Crippen LogP contribution in [-0.2, 0) is 21.5 Å². The van der Waals surface area contributed by atoms with Crippen LogP contribution in [0.3, 0.4) is 0 Å². The predicted octanol–water partition coefficient (Wildman–Crippen LogP) is 4.87. The first-order valence-corrected chi connectivity index (χ1v) is 10.3. The van der Waals surface area contributed by atoms with Crippen LogP contribution in [0.25, 0.3) is 0 Å². The molecule has 0 aliphatic heterocycles. The van der Waals surface area contributed by atoms with Crippen molar-refractivity contribution in [3.63, 3.8) is 0 Å². The number of alkyl halides is 3. The van der Waals surface area contributed by atoms with Gasteiger partial charge < -0.3 is 14.6 Å². The molecule has 11 heteroatoms. The van der Waals surface area contributed by atoms with Crippen molar-refractivity contribution in [1.29, 1.82) is 0 Å². The molecule has 0 saturated carbocycles. The quantitative estimate of drug-likeness (QED) is 0.393. The first-order valence-electron chi connectivity index (χ1n) is 9.33. The molecular formula is C21H18F3N3O4S. The average Bonchev–Trinajstić information content (AvgIpc) is 3.17. The van der Waals surface area contributed by atoms with E-state index in [1.165, 1.54) is 49.1 Å². The number of hydrogen-bond donors (Lipinski definition) is 1. The maximum absolute atomic E-state index is 13.1. The summed E-state index contributed by atoms with van der Waals surface area (Å²) in [7, 11) is 0. The molecule has 3 aromatic rings. The van der Waals surface area contributed by atoms with Gasteiger partial charge in [-0.2, -0.15) is 13.2 Å². The number of benzene rings is 1. The van der Waals surface area contributed by atoms with Gasteiger partial charge in [0.1, 0.15) is 10.8 Å². The SMILES string of the molecule is Cc1cc(CSc2ncccc2C(=O)OC(C)C(=O)Nc2ccccc2C(F)(F)F)no1. The standard InChI is InChI=1S/C21H18F3N3O4S/c1-12-10-14(27-31-12)11-32-19-15(6-5-9-25-19)20(29)30-13(2)18(28)26-17-8-4-3-7-16(17)21(22,23)24/h3-10,13H,11H2,1-2H3,(H,26,28). The fraction of sp³-hybridized carbons (Fsp3) is 0.238. The van der Waals surface area contributed by atoms with Crippen molar-refractivity contribution in [1.82, 2.24) is 10.1 Å². The summed E-state index contributed by atoms with van der Waals surface area (Å²) in [5.41, 5.74) is -0.643. The summed E-state index contributed by atoms with van der Waals surface area (Å²) in [5, 5.41) is 6.38. The molecular weight excluding hydrogens is 447 g/mol. The fourth-order valence-electron chi connectivity index (χ4n) is 2.64. The maximum atomic E-state index is 13.1. The van der Waals surface area contributed by atoms with Crippen molar-refractivity contribution in [2.75, 3.05) is 5.32 Å². The number of carbonyl (C=O) groups is 2. The summed E-state index contributed by atoms with van der Waals surface area (Å²) < 4.78 is 49.5. The van der Waals surface area contributed by atoms with Gasteiger partial charge in [0, 0.05) is 18.0 Å². The van der Waals surface area contributed by atoms with E-state index >= 15 is 0 Å². The number of nitrogens with one attached hydrogen (secondary N) is 1. The van der Waals surface area contributed by atoms with Crippen molar-refractivity contribution in [2.45, 2.75) is 36.9 Å². The largest absolute Gasteiger partial charge is 0.449 e. The van der Waals surface area contributed by atoms with E-state index in [0.29, 0.717) is 22.2 Å². The van der Waals surface area contributed by atoms with Gasteiger partial charge in [0.2, 0.25) is 0 Å². The molecule has 1 N–H and O–H groups in total. The molecule has 0 spiro atoms. The summed E-state index contributed by atoms with van der Waals surface area (Å²) in [6, 6.07) is 9.30. The molecule has 0 radical (unpaired) electrons. The van der Waals surface area contributed by atoms with Gasteiger partial charge >= 0.3 is 12.1 Å². The molecule has 0 aliphatic rings. The van der Waals surface area contributed by atoms with Crippen molar-refractivity contribution < 1.29 is 32.0 Å². The third kappa shape index (κ3) is 5.88. The molecule has 0 bridgehead atoms. The first kappa shape index (κ1) is 23.3. The Labute approximate surface area is 185 Å². The van der Waals surface area contributed by atoms with E-state index in [-0.39, 0.29) is 5.56 Å². The van der Waals surface area contributed by atoms with Crippen LogP contribution in [0.2, 0.25) is 0 Å². The number of esters is 1. The Morgan fingerprint density at radius 1 is 1.22 bits per heavy atom. The number of carbonyl (C=O) groups excluding carboxylic acids is 2. The third-order valence-corrected chi connectivity index (χ3v) is 5.21. The Morgan fingerprint density at radius 3 is 2.66 bits per heavy atom. The van der Waals surface area contributed by atoms with E-state index in [1.54, 1.807) is 13.0 Å². The van der Waals surface area contributed by atoms with Gasteiger partial charge in [-0.15, -0.1) is 0 Å². The second kappa shape index (κ2) is 9.86. The molecule has 1 unspecified atom stereocenters. The van der Waals surface area contributed by atoms with E-state index in [0.717, 1.165) is 12.1 Å². The number of pyridine rings is 1. The molecule has 1 amide bonds. The van der Waals surface area contributed by atoms with Crippen LogP contribution in [-0.4, -0.2) is 28.1 Å². The fourth-order valence-corrected chi connectivity index (χ4v) is 3.50. The van der Waals surface area contributed by atoms with Gasteiger partial charge in [-0.25, -0.2) is 9.78 Å². The van der Waals surface area contributed by atoms with Gasteiger partial charge in [0.05, 0.1) is 22.5 Å². The van der Waals surface area contributed by atoms with Crippen LogP contribution in [0.5, 0.6) is 0 Å². The second-order valence-electron chi connectivity index (χ2n) is 6.65. The molecule has 0 saturated heterocycles. The molecule has 1 atom stereocenters. The van der Waals surface area contributed by atoms with E-state index in [9.17, 15) is 22.8 Å². The zero-order chi connectivity index (χ0) is 23.3. The average molecular weight is 465 g/mol. The summed E-state index contributed by atoms with van der Waals surface area (Å²) >= 11 is 1.22. The summed E-state index contributed by atoms with van der Waals surface area (Å²) in [6.07, 6.45) is -4.49. The summed E-state index contributed by atoms with van der Waals surface area (Å²) in [6.45, 7) is 3.02. The minimum Gasteiger partial charge on any atom is -0.449 e. The highest BCUT2D eigenvalue weighted by Gasteiger charge is 2.34. The number of anilines is 1. The number of thioether (sulfide) groups is 1. The van der Waals surface area contributed by atoms with Gasteiger partial charge in [-0.05, 0) is 38.1 Å². The van der Waals surface area contributed by atoms with E-state index in [2.05, 4.69) is 15.5 Å². The lowest BCUT2D eigenvalue weighted by molar-refractivity contribution is -0.137. The number of halogens is 3. The molecule has 2 aromatic heterocycles. The van der Waals surface area contributed by atoms with Crippen molar-refractivity contribution in [3.05, 3.63) is 71.2 Å². The predicted molar refractivity (Wildman–Crippen MR) is 110 cm³/mol. The summed E-state index contributed by atoms with van der Waals surface area (Å²) in [4.78, 5) is 29.1. The Morgan fingerprint density at radius 2 is 1.97 bits per heavy atom. The number of aromatic nitrogens is 2. The monoisotopic (exact) mass is 465 g/mol. The number of hydrogen-bond acceptors (Lipinski definition) is 7. The van der Waals surface area contributed by atoms with Gasteiger partial charge in [0.25, 0.3) is 5.91 Å². The lowest BCUT2D eigenvalue weighted by Crippen LogP contribution is -2.31. The Kier molecular flexibility index (Phi) is 7.18. The first-order chi connectivity index (χ1) is 15.1. The van der Waals surface area contributed by atoms with Gasteiger partial charge in [-0.3, -0.25) is 4.79 Å². The molecule has 0 fully saturated rings. The highest BCUT2D eigenvalue weighted by atomic mass is 32.2. The normalized spacial score (nSPS) is 12.3. The smallest absolute Gasteiger partial charge is 0.418 e. The molecule has 3 rings (SSSR count). The van der Waals surface area contributed by atoms with E-state index in [4.69, 9.17) is 9.26 Å². The number of ether oxygens (including phenoxy) is 1. The molecule has 2 heterocycles. The van der Waals surface area contributed by atoms with Crippen LogP contribution in [0.4, 0.5) is 18.9 Å². The summed E-state index contributed by atoms with van der Waals surface area (Å²) in [5.74, 6) is -0.693. The Bertz CT molecular complexity index is 1120. The van der Waals surface area contributed by atoms with Crippen molar-refractivity contribution >= 4 is 29.3 Å². The molecule has 168 valence electrons. The van der Waals surface area contributed by atoms with Gasteiger partial charge in [0.15, 0.2) is 6.10 Å². The Hall–Kier alpha value is -3.34. The zero-order valence-corrected chi connectivity index (χ0v) is 17.8. The minimum absolute atomic E-state index is 0.119. The Balaban J connectivity index is 1.66. The number of aryl methyl sites for hydroxylation is 1. The van der Waals surface area contributed by atoms with Crippen molar-refractivity contribution in [3.8, 4) is 0 Å². The van der Waals surface area contributed by atoms with Crippen LogP contribution < -0.4 is 5.32 Å². The number of rotatable bonds is 7. The number of amides is 1. The van der Waals surface area contributed by atoms with Crippen LogP contribution in [0.1, 0.15) is 34.3 Å². The topological polar surface area (TPSA) is 94.3 Å². The van der Waals surface area contributed by atoms with Crippen LogP contribution in [0, 0.1) is 6.92 Å². The molecule has 32 heavy (non-hydrogen) atoms. The van der Waals surface area contributed by atoms with Gasteiger partial charge in [-0.1, -0.05) is 29.1 Å². The van der Waals surface area contributed by atoms with Crippen LogP contribution >= 0.6 is 11.8 Å². The second-order valence-corrected chi connectivity index (χ2v) is 7.62. The van der Waals surface area contributed by atoms with E-state index < -0.39 is 35.4 Å². The number of nitrogens with zero attached hydrogens (tertiary/aromatic N) is 2. The lowest BCUT2D eigenvalue weighted by Gasteiger charge is -2.17. The van der Waals surface area contributed by atoms with Crippen LogP contribution in [0.15, 0.2) is 58.2 Å². The zero-order valence-electron chi connectivity index (χ0n) is 17.0. The maximum Gasteiger partial charge on any atom is 0.418 e. The minimum atomic E-state index is -4.64. The third-order valence-electron chi connectivity index (χ3n) is 4.17.